The summed E-state index contributed by atoms with van der Waals surface area (Å²) in [7, 11) is -2.14. The van der Waals surface area contributed by atoms with Crippen molar-refractivity contribution in [3.8, 4) is 5.75 Å². The molecule has 0 aliphatic heterocycles. The summed E-state index contributed by atoms with van der Waals surface area (Å²) in [4.78, 5) is 14.9. The molecule has 1 aliphatic carbocycles. The van der Waals surface area contributed by atoms with Crippen molar-refractivity contribution in [2.75, 3.05) is 13.7 Å². The van der Waals surface area contributed by atoms with E-state index in [1.807, 2.05) is 52.0 Å². The molecule has 1 aliphatic rings. The van der Waals surface area contributed by atoms with E-state index < -0.39 is 15.7 Å². The normalized spacial score (nSPS) is 18.5. The average Bonchev–Trinajstić information content (AvgIpc) is 2.82. The van der Waals surface area contributed by atoms with Gasteiger partial charge in [0.05, 0.1) is 18.1 Å². The molecule has 0 radical (unpaired) electrons. The molecular formula is C28H39NO6S. The number of amides is 1. The minimum absolute atomic E-state index is 0.196. The van der Waals surface area contributed by atoms with Crippen molar-refractivity contribution in [2.24, 2.45) is 5.92 Å². The zero-order chi connectivity index (χ0) is 26.3. The van der Waals surface area contributed by atoms with Crippen LogP contribution in [-0.2, 0) is 25.6 Å². The van der Waals surface area contributed by atoms with E-state index >= 15 is 0 Å². The van der Waals surface area contributed by atoms with Crippen LogP contribution in [0.4, 0.5) is 4.79 Å². The second-order valence-electron chi connectivity index (χ2n) is 10.5. The van der Waals surface area contributed by atoms with Gasteiger partial charge in [-0.2, -0.15) is 8.42 Å². The maximum Gasteiger partial charge on any atom is 0.410 e. The van der Waals surface area contributed by atoms with Gasteiger partial charge in [-0.1, -0.05) is 29.8 Å². The summed E-state index contributed by atoms with van der Waals surface area (Å²) in [5.74, 6) is 1.17. The van der Waals surface area contributed by atoms with Crippen LogP contribution in [0.1, 0.15) is 64.0 Å². The van der Waals surface area contributed by atoms with Gasteiger partial charge in [-0.15, -0.1) is 0 Å². The summed E-state index contributed by atoms with van der Waals surface area (Å²) in [6.45, 7) is 8.53. The van der Waals surface area contributed by atoms with E-state index in [1.54, 1.807) is 36.3 Å². The quantitative estimate of drug-likeness (QED) is 0.374. The topological polar surface area (TPSA) is 82.1 Å². The first-order chi connectivity index (χ1) is 16.9. The first-order valence-electron chi connectivity index (χ1n) is 12.6. The Bertz CT molecular complexity index is 1080. The van der Waals surface area contributed by atoms with Crippen LogP contribution in [0.15, 0.2) is 53.4 Å². The smallest absolute Gasteiger partial charge is 0.410 e. The Hall–Kier alpha value is -2.58. The summed E-state index contributed by atoms with van der Waals surface area (Å²) in [5, 5.41) is 0. The van der Waals surface area contributed by atoms with E-state index in [0.717, 1.165) is 36.1 Å². The minimum atomic E-state index is -3.77. The van der Waals surface area contributed by atoms with Gasteiger partial charge in [0.15, 0.2) is 0 Å². The van der Waals surface area contributed by atoms with Crippen LogP contribution in [-0.4, -0.2) is 44.8 Å². The number of benzene rings is 2. The molecule has 0 bridgehead atoms. The lowest BCUT2D eigenvalue weighted by Crippen LogP contribution is -2.38. The van der Waals surface area contributed by atoms with Gasteiger partial charge < -0.3 is 14.4 Å². The van der Waals surface area contributed by atoms with E-state index in [1.165, 1.54) is 0 Å². The SMILES string of the molecule is COc1ccc(CN(CCC2CCC(OS(=O)(=O)c3ccc(C)cc3)CC2)C(=O)OC(C)(C)C)cc1. The molecule has 0 aromatic heterocycles. The Morgan fingerprint density at radius 2 is 1.58 bits per heavy atom. The fraction of sp³-hybridized carbons (Fsp3) is 0.536. The first kappa shape index (κ1) is 28.0. The Balaban J connectivity index is 1.54. The van der Waals surface area contributed by atoms with Crippen LogP contribution >= 0.6 is 0 Å². The average molecular weight is 518 g/mol. The maximum absolute atomic E-state index is 12.9. The number of hydrogen-bond donors (Lipinski definition) is 0. The van der Waals surface area contributed by atoms with Crippen LogP contribution in [0.25, 0.3) is 0 Å². The molecule has 0 spiro atoms. The summed E-state index contributed by atoms with van der Waals surface area (Å²) in [6.07, 6.45) is 3.26. The molecule has 2 aromatic carbocycles. The van der Waals surface area contributed by atoms with Gasteiger partial charge in [0.1, 0.15) is 11.4 Å². The van der Waals surface area contributed by atoms with Gasteiger partial charge in [0.2, 0.25) is 0 Å². The van der Waals surface area contributed by atoms with Gasteiger partial charge in [-0.25, -0.2) is 4.79 Å². The van der Waals surface area contributed by atoms with Gasteiger partial charge in [-0.05, 0) is 95.5 Å². The third-order valence-corrected chi connectivity index (χ3v) is 7.73. The maximum atomic E-state index is 12.9. The number of carbonyl (C=O) groups excluding carboxylic acids is 1. The molecule has 7 nitrogen and oxygen atoms in total. The number of hydrogen-bond acceptors (Lipinski definition) is 6. The highest BCUT2D eigenvalue weighted by Crippen LogP contribution is 2.31. The molecule has 8 heteroatoms. The summed E-state index contributed by atoms with van der Waals surface area (Å²) >= 11 is 0. The fourth-order valence-corrected chi connectivity index (χ4v) is 5.44. The fourth-order valence-electron chi connectivity index (χ4n) is 4.31. The number of nitrogens with zero attached hydrogens (tertiary/aromatic N) is 1. The predicted molar refractivity (Wildman–Crippen MR) is 139 cm³/mol. The van der Waals surface area contributed by atoms with Crippen molar-refractivity contribution < 1.29 is 26.9 Å². The molecule has 0 saturated heterocycles. The highest BCUT2D eigenvalue weighted by atomic mass is 32.2. The third kappa shape index (κ3) is 8.52. The second-order valence-corrected chi connectivity index (χ2v) is 12.1. The summed E-state index contributed by atoms with van der Waals surface area (Å²) in [5.41, 5.74) is 1.43. The molecular weight excluding hydrogens is 478 g/mol. The summed E-state index contributed by atoms with van der Waals surface area (Å²) in [6, 6.07) is 14.4. The predicted octanol–water partition coefficient (Wildman–Crippen LogP) is 6.10. The lowest BCUT2D eigenvalue weighted by Gasteiger charge is -2.31. The standard InChI is InChI=1S/C28H39NO6S/c1-21-6-16-26(17-7-21)36(31,32)35-25-14-8-22(9-15-25)18-19-29(27(30)34-28(2,3)4)20-23-10-12-24(33-5)13-11-23/h6-7,10-13,16-17,22,25H,8-9,14-15,18-20H2,1-5H3. The van der Waals surface area contributed by atoms with Crippen molar-refractivity contribution >= 4 is 16.2 Å². The van der Waals surface area contributed by atoms with Gasteiger partial charge in [-0.3, -0.25) is 4.18 Å². The van der Waals surface area contributed by atoms with Crippen molar-refractivity contribution in [3.05, 3.63) is 59.7 Å². The van der Waals surface area contributed by atoms with Crippen LogP contribution in [0.5, 0.6) is 5.75 Å². The number of aryl methyl sites for hydroxylation is 1. The third-order valence-electron chi connectivity index (χ3n) is 6.36. The molecule has 0 heterocycles. The zero-order valence-electron chi connectivity index (χ0n) is 22.0. The number of methoxy groups -OCH3 is 1. The van der Waals surface area contributed by atoms with Crippen LogP contribution in [0, 0.1) is 12.8 Å². The largest absolute Gasteiger partial charge is 0.497 e. The number of ether oxygens (including phenoxy) is 2. The molecule has 0 atom stereocenters. The monoisotopic (exact) mass is 517 g/mol. The molecule has 1 amide bonds. The van der Waals surface area contributed by atoms with Crippen molar-refractivity contribution in [2.45, 2.75) is 82.9 Å². The Labute approximate surface area is 215 Å². The van der Waals surface area contributed by atoms with Gasteiger partial charge in [0.25, 0.3) is 10.1 Å². The Morgan fingerprint density at radius 1 is 0.972 bits per heavy atom. The molecule has 198 valence electrons. The number of rotatable bonds is 9. The van der Waals surface area contributed by atoms with E-state index in [0.29, 0.717) is 31.8 Å². The molecule has 36 heavy (non-hydrogen) atoms. The molecule has 0 unspecified atom stereocenters. The van der Waals surface area contributed by atoms with E-state index in [2.05, 4.69) is 0 Å². The van der Waals surface area contributed by atoms with Gasteiger partial charge in [0, 0.05) is 13.1 Å². The molecule has 2 aromatic rings. The number of carbonyl (C=O) groups is 1. The molecule has 1 saturated carbocycles. The lowest BCUT2D eigenvalue weighted by molar-refractivity contribution is 0.0214. The highest BCUT2D eigenvalue weighted by molar-refractivity contribution is 7.86. The zero-order valence-corrected chi connectivity index (χ0v) is 22.8. The second kappa shape index (κ2) is 12.1. The Kier molecular flexibility index (Phi) is 9.41. The molecule has 3 rings (SSSR count). The molecule has 0 N–H and O–H groups in total. The van der Waals surface area contributed by atoms with Gasteiger partial charge >= 0.3 is 6.09 Å². The Morgan fingerprint density at radius 3 is 2.14 bits per heavy atom. The van der Waals surface area contributed by atoms with Crippen molar-refractivity contribution in [1.29, 1.82) is 0 Å². The van der Waals surface area contributed by atoms with Crippen molar-refractivity contribution in [3.63, 3.8) is 0 Å². The lowest BCUT2D eigenvalue weighted by atomic mass is 9.85. The van der Waals surface area contributed by atoms with Crippen LogP contribution < -0.4 is 4.74 Å². The van der Waals surface area contributed by atoms with Crippen LogP contribution in [0.3, 0.4) is 0 Å². The summed E-state index contributed by atoms with van der Waals surface area (Å²) < 4.78 is 41.7. The van der Waals surface area contributed by atoms with E-state index in [9.17, 15) is 13.2 Å². The van der Waals surface area contributed by atoms with Crippen LogP contribution in [0.2, 0.25) is 0 Å². The minimum Gasteiger partial charge on any atom is -0.497 e. The van der Waals surface area contributed by atoms with E-state index in [-0.39, 0.29) is 17.1 Å². The highest BCUT2D eigenvalue weighted by Gasteiger charge is 2.29. The van der Waals surface area contributed by atoms with Crippen molar-refractivity contribution in [1.82, 2.24) is 4.90 Å². The van der Waals surface area contributed by atoms with E-state index in [4.69, 9.17) is 13.7 Å². The first-order valence-corrected chi connectivity index (χ1v) is 14.0. The molecule has 1 fully saturated rings.